The van der Waals surface area contributed by atoms with Gasteiger partial charge in [0.15, 0.2) is 0 Å². The molecule has 1 rings (SSSR count). The summed E-state index contributed by atoms with van der Waals surface area (Å²) in [5.74, 6) is -0.0809. The van der Waals surface area contributed by atoms with Crippen molar-refractivity contribution in [1.29, 1.82) is 0 Å². The van der Waals surface area contributed by atoms with Gasteiger partial charge in [-0.1, -0.05) is 11.3 Å². The Morgan fingerprint density at radius 2 is 2.54 bits per heavy atom. The van der Waals surface area contributed by atoms with Crippen molar-refractivity contribution in [2.45, 2.75) is 13.5 Å². The Morgan fingerprint density at radius 3 is 3.15 bits per heavy atom. The molecule has 5 heteroatoms. The van der Waals surface area contributed by atoms with Gasteiger partial charge in [-0.25, -0.2) is 0 Å². The van der Waals surface area contributed by atoms with Crippen LogP contribution in [0.15, 0.2) is 24.5 Å². The second kappa shape index (κ2) is 5.08. The monoisotopic (exact) mass is 180 g/mol. The minimum atomic E-state index is -0.0809. The lowest BCUT2D eigenvalue weighted by molar-refractivity contribution is -0.116. The molecule has 0 atom stereocenters. The van der Waals surface area contributed by atoms with Crippen molar-refractivity contribution in [2.24, 2.45) is 0 Å². The molecule has 0 aliphatic rings. The molecule has 1 N–H and O–H groups in total. The van der Waals surface area contributed by atoms with Crippen LogP contribution in [0.25, 0.3) is 0 Å². The minimum Gasteiger partial charge on any atom is -0.351 e. The van der Waals surface area contributed by atoms with Crippen LogP contribution in [0.2, 0.25) is 0 Å². The van der Waals surface area contributed by atoms with Gasteiger partial charge in [-0.3, -0.25) is 9.48 Å². The molecule has 1 aromatic rings. The molecule has 1 amide bonds. The van der Waals surface area contributed by atoms with Gasteiger partial charge in [-0.05, 0) is 13.0 Å². The van der Waals surface area contributed by atoms with Gasteiger partial charge in [0.05, 0.1) is 12.7 Å². The molecule has 0 aromatic carbocycles. The summed E-state index contributed by atoms with van der Waals surface area (Å²) in [5, 5.41) is 10.1. The summed E-state index contributed by atoms with van der Waals surface area (Å²) in [6, 6.07) is 0. The van der Waals surface area contributed by atoms with Crippen molar-refractivity contribution < 1.29 is 4.79 Å². The molecule has 1 heterocycles. The molecule has 0 fully saturated rings. The highest BCUT2D eigenvalue weighted by Crippen LogP contribution is 1.79. The van der Waals surface area contributed by atoms with Crippen molar-refractivity contribution in [3.05, 3.63) is 24.5 Å². The van der Waals surface area contributed by atoms with Crippen molar-refractivity contribution in [3.8, 4) is 0 Å². The molecule has 5 nitrogen and oxygen atoms in total. The Morgan fingerprint density at radius 1 is 1.69 bits per heavy atom. The van der Waals surface area contributed by atoms with Crippen LogP contribution in [0.4, 0.5) is 0 Å². The molecule has 13 heavy (non-hydrogen) atoms. The summed E-state index contributed by atoms with van der Waals surface area (Å²) in [6.45, 7) is 3.01. The largest absolute Gasteiger partial charge is 0.351 e. The normalized spacial score (nSPS) is 10.5. The predicted molar refractivity (Wildman–Crippen MR) is 47.8 cm³/mol. The van der Waals surface area contributed by atoms with Crippen LogP contribution >= 0.6 is 0 Å². The standard InChI is InChI=1S/C8H12N4O/c1-2-3-8(13)9-4-6-12-7-5-10-11-12/h2-3,5,7H,4,6H2,1H3,(H,9,13)/b3-2+. The summed E-state index contributed by atoms with van der Waals surface area (Å²) in [6.07, 6.45) is 6.54. The molecule has 0 bridgehead atoms. The number of carbonyl (C=O) groups is 1. The summed E-state index contributed by atoms with van der Waals surface area (Å²) >= 11 is 0. The van der Waals surface area contributed by atoms with Gasteiger partial charge in [0.25, 0.3) is 0 Å². The molecule has 1 aromatic heterocycles. The fraction of sp³-hybridized carbons (Fsp3) is 0.375. The van der Waals surface area contributed by atoms with E-state index in [2.05, 4.69) is 15.6 Å². The average Bonchev–Trinajstić information content (AvgIpc) is 2.57. The zero-order chi connectivity index (χ0) is 9.52. The van der Waals surface area contributed by atoms with Crippen LogP contribution in [-0.4, -0.2) is 27.4 Å². The number of nitrogens with one attached hydrogen (secondary N) is 1. The van der Waals surface area contributed by atoms with Crippen LogP contribution in [0.5, 0.6) is 0 Å². The van der Waals surface area contributed by atoms with E-state index in [4.69, 9.17) is 0 Å². The fourth-order valence-electron chi connectivity index (χ4n) is 0.856. The maximum atomic E-state index is 10.9. The average molecular weight is 180 g/mol. The number of aromatic nitrogens is 3. The first-order valence-electron chi connectivity index (χ1n) is 4.07. The summed E-state index contributed by atoms with van der Waals surface area (Å²) in [7, 11) is 0. The number of amides is 1. The Labute approximate surface area is 76.4 Å². The molecule has 0 aliphatic heterocycles. The lowest BCUT2D eigenvalue weighted by atomic mass is 10.5. The highest BCUT2D eigenvalue weighted by Gasteiger charge is 1.94. The van der Waals surface area contributed by atoms with Crippen LogP contribution in [0.1, 0.15) is 6.92 Å². The fourth-order valence-corrected chi connectivity index (χ4v) is 0.856. The van der Waals surface area contributed by atoms with E-state index in [9.17, 15) is 4.79 Å². The van der Waals surface area contributed by atoms with E-state index in [1.807, 2.05) is 0 Å². The van der Waals surface area contributed by atoms with E-state index in [-0.39, 0.29) is 5.91 Å². The second-order valence-electron chi connectivity index (χ2n) is 2.46. The van der Waals surface area contributed by atoms with Crippen LogP contribution < -0.4 is 5.32 Å². The maximum absolute atomic E-state index is 10.9. The summed E-state index contributed by atoms with van der Waals surface area (Å²) < 4.78 is 1.66. The highest BCUT2D eigenvalue weighted by molar-refractivity contribution is 5.87. The summed E-state index contributed by atoms with van der Waals surface area (Å²) in [4.78, 5) is 10.9. The predicted octanol–water partition coefficient (Wildman–Crippen LogP) is -0.0296. The lowest BCUT2D eigenvalue weighted by Gasteiger charge is -2.00. The molecule has 70 valence electrons. The highest BCUT2D eigenvalue weighted by atomic mass is 16.1. The molecule has 0 spiro atoms. The van der Waals surface area contributed by atoms with E-state index in [1.54, 1.807) is 30.1 Å². The number of nitrogens with zero attached hydrogens (tertiary/aromatic N) is 3. The van der Waals surface area contributed by atoms with E-state index in [1.165, 1.54) is 6.08 Å². The third kappa shape index (κ3) is 3.50. The summed E-state index contributed by atoms with van der Waals surface area (Å²) in [5.41, 5.74) is 0. The van der Waals surface area contributed by atoms with Crippen molar-refractivity contribution in [2.75, 3.05) is 6.54 Å². The lowest BCUT2D eigenvalue weighted by Crippen LogP contribution is -2.25. The molecular weight excluding hydrogens is 168 g/mol. The van der Waals surface area contributed by atoms with Crippen molar-refractivity contribution in [1.82, 2.24) is 20.3 Å². The van der Waals surface area contributed by atoms with Crippen molar-refractivity contribution >= 4 is 5.91 Å². The number of allylic oxidation sites excluding steroid dienone is 1. The molecule has 0 saturated heterocycles. The Bertz CT molecular complexity index is 278. The third-order valence-corrected chi connectivity index (χ3v) is 1.43. The first-order valence-corrected chi connectivity index (χ1v) is 4.07. The first kappa shape index (κ1) is 9.44. The topological polar surface area (TPSA) is 59.8 Å². The van der Waals surface area contributed by atoms with Gasteiger partial charge in [-0.15, -0.1) is 5.10 Å². The number of carbonyl (C=O) groups excluding carboxylic acids is 1. The van der Waals surface area contributed by atoms with E-state index in [0.717, 1.165) is 0 Å². The van der Waals surface area contributed by atoms with Crippen LogP contribution in [0.3, 0.4) is 0 Å². The third-order valence-electron chi connectivity index (χ3n) is 1.43. The van der Waals surface area contributed by atoms with Gasteiger partial charge in [-0.2, -0.15) is 0 Å². The number of hydrogen-bond donors (Lipinski definition) is 1. The van der Waals surface area contributed by atoms with Gasteiger partial charge < -0.3 is 5.32 Å². The van der Waals surface area contributed by atoms with Gasteiger partial charge in [0, 0.05) is 12.7 Å². The Balaban J connectivity index is 2.18. The second-order valence-corrected chi connectivity index (χ2v) is 2.46. The van der Waals surface area contributed by atoms with E-state index >= 15 is 0 Å². The van der Waals surface area contributed by atoms with Crippen LogP contribution in [-0.2, 0) is 11.3 Å². The zero-order valence-electron chi connectivity index (χ0n) is 7.47. The maximum Gasteiger partial charge on any atom is 0.243 e. The SMILES string of the molecule is C/C=C/C(=O)NCCn1ccnn1. The number of hydrogen-bond acceptors (Lipinski definition) is 3. The Kier molecular flexibility index (Phi) is 3.69. The molecule has 0 unspecified atom stereocenters. The van der Waals surface area contributed by atoms with E-state index < -0.39 is 0 Å². The molecule has 0 saturated carbocycles. The quantitative estimate of drug-likeness (QED) is 0.662. The van der Waals surface area contributed by atoms with Gasteiger partial charge in [0.1, 0.15) is 0 Å². The van der Waals surface area contributed by atoms with E-state index in [0.29, 0.717) is 13.1 Å². The van der Waals surface area contributed by atoms with Gasteiger partial charge >= 0.3 is 0 Å². The number of rotatable bonds is 4. The minimum absolute atomic E-state index is 0.0809. The molecular formula is C8H12N4O. The van der Waals surface area contributed by atoms with Crippen molar-refractivity contribution in [3.63, 3.8) is 0 Å². The van der Waals surface area contributed by atoms with Crippen LogP contribution in [0, 0.1) is 0 Å². The zero-order valence-corrected chi connectivity index (χ0v) is 7.47. The molecule has 0 radical (unpaired) electrons. The Hall–Kier alpha value is -1.65. The molecule has 0 aliphatic carbocycles. The van der Waals surface area contributed by atoms with Gasteiger partial charge in [0.2, 0.25) is 5.91 Å². The smallest absolute Gasteiger partial charge is 0.243 e. The first-order chi connectivity index (χ1) is 6.33.